The fraction of sp³-hybridized carbons (Fsp3) is 0.692. The fourth-order valence-electron chi connectivity index (χ4n) is 1.51. The largest absolute Gasteiger partial charge is 0.360 e. The molecule has 0 spiro atoms. The monoisotopic (exact) mass is 299 g/mol. The molecule has 0 aromatic carbocycles. The maximum atomic E-state index is 4.61. The van der Waals surface area contributed by atoms with E-state index in [9.17, 15) is 0 Å². The first kappa shape index (κ1) is 14.4. The van der Waals surface area contributed by atoms with E-state index in [-0.39, 0.29) is 0 Å². The Balaban J connectivity index is 2.82. The minimum atomic E-state index is 0.372. The van der Waals surface area contributed by atoms with Gasteiger partial charge in [0.15, 0.2) is 0 Å². The van der Waals surface area contributed by atoms with E-state index in [0.29, 0.717) is 10.7 Å². The molecule has 0 N–H and O–H groups in total. The lowest BCUT2D eigenvalue weighted by Crippen LogP contribution is -2.22. The summed E-state index contributed by atoms with van der Waals surface area (Å²) >= 11 is 3.57. The fourth-order valence-corrected chi connectivity index (χ4v) is 1.72. The van der Waals surface area contributed by atoms with Gasteiger partial charge in [-0.1, -0.05) is 36.7 Å². The molecule has 1 rings (SSSR count). The maximum absolute atomic E-state index is 4.61. The smallest absolute Gasteiger partial charge is 0.133 e. The minimum absolute atomic E-state index is 0.372. The number of nitrogens with zero attached hydrogens (tertiary/aromatic N) is 3. The van der Waals surface area contributed by atoms with Crippen LogP contribution in [0.4, 0.5) is 5.82 Å². The summed E-state index contributed by atoms with van der Waals surface area (Å²) in [6.45, 7) is 9.44. The summed E-state index contributed by atoms with van der Waals surface area (Å²) < 4.78 is 0. The van der Waals surface area contributed by atoms with E-state index in [4.69, 9.17) is 0 Å². The first-order valence-electron chi connectivity index (χ1n) is 6.11. The molecule has 17 heavy (non-hydrogen) atoms. The molecule has 1 aromatic rings. The average molecular weight is 300 g/mol. The zero-order chi connectivity index (χ0) is 13.0. The normalized spacial score (nSPS) is 12.9. The molecule has 1 atom stereocenters. The van der Waals surface area contributed by atoms with Crippen molar-refractivity contribution in [2.75, 3.05) is 18.5 Å². The highest BCUT2D eigenvalue weighted by molar-refractivity contribution is 9.09. The summed E-state index contributed by atoms with van der Waals surface area (Å²) in [5.74, 6) is 2.32. The molecule has 0 bridgehead atoms. The quantitative estimate of drug-likeness (QED) is 0.779. The van der Waals surface area contributed by atoms with Crippen LogP contribution < -0.4 is 4.90 Å². The summed E-state index contributed by atoms with van der Waals surface area (Å²) in [4.78, 5) is 11.8. The van der Waals surface area contributed by atoms with Crippen LogP contribution in [0.5, 0.6) is 0 Å². The van der Waals surface area contributed by atoms with Crippen LogP contribution in [-0.2, 0) is 0 Å². The van der Waals surface area contributed by atoms with Crippen molar-refractivity contribution in [2.24, 2.45) is 0 Å². The first-order chi connectivity index (χ1) is 7.90. The maximum Gasteiger partial charge on any atom is 0.133 e. The molecule has 3 nitrogen and oxygen atoms in total. The van der Waals surface area contributed by atoms with Crippen LogP contribution in [-0.4, -0.2) is 28.4 Å². The van der Waals surface area contributed by atoms with Gasteiger partial charge in [-0.3, -0.25) is 0 Å². The third-order valence-corrected chi connectivity index (χ3v) is 3.09. The Labute approximate surface area is 113 Å². The predicted molar refractivity (Wildman–Crippen MR) is 77.1 cm³/mol. The van der Waals surface area contributed by atoms with Crippen molar-refractivity contribution in [1.82, 2.24) is 9.97 Å². The molecular formula is C13H22BrN3. The average Bonchev–Trinajstić information content (AvgIpc) is 2.24. The summed E-state index contributed by atoms with van der Waals surface area (Å²) in [7, 11) is 2.08. The standard InChI is InChI=1S/C13H22BrN3/c1-9(2)13-15-11(4)8-12(16-13)17(5)7-6-10(3)14/h8-10H,6-7H2,1-5H3. The molecule has 0 fully saturated rings. The highest BCUT2D eigenvalue weighted by atomic mass is 79.9. The van der Waals surface area contributed by atoms with Crippen molar-refractivity contribution in [3.8, 4) is 0 Å². The van der Waals surface area contributed by atoms with E-state index in [1.54, 1.807) is 0 Å². The number of alkyl halides is 1. The van der Waals surface area contributed by atoms with E-state index < -0.39 is 0 Å². The number of aryl methyl sites for hydroxylation is 1. The van der Waals surface area contributed by atoms with Crippen LogP contribution in [0.1, 0.15) is 44.6 Å². The van der Waals surface area contributed by atoms with Gasteiger partial charge in [0.25, 0.3) is 0 Å². The van der Waals surface area contributed by atoms with Gasteiger partial charge in [-0.25, -0.2) is 9.97 Å². The molecule has 96 valence electrons. The SMILES string of the molecule is Cc1cc(N(C)CCC(C)Br)nc(C(C)C)n1. The Morgan fingerprint density at radius 2 is 1.94 bits per heavy atom. The molecule has 4 heteroatoms. The molecular weight excluding hydrogens is 278 g/mol. The number of hydrogen-bond acceptors (Lipinski definition) is 3. The number of hydrogen-bond donors (Lipinski definition) is 0. The number of halogens is 1. The molecule has 0 radical (unpaired) electrons. The Morgan fingerprint density at radius 3 is 2.47 bits per heavy atom. The van der Waals surface area contributed by atoms with E-state index in [1.807, 2.05) is 13.0 Å². The topological polar surface area (TPSA) is 29.0 Å². The third kappa shape index (κ3) is 4.62. The lowest BCUT2D eigenvalue weighted by atomic mass is 10.2. The summed E-state index contributed by atoms with van der Waals surface area (Å²) in [6, 6.07) is 2.05. The second-order valence-corrected chi connectivity index (χ2v) is 6.43. The van der Waals surface area contributed by atoms with Gasteiger partial charge in [0.2, 0.25) is 0 Å². The summed E-state index contributed by atoms with van der Waals surface area (Å²) in [5.41, 5.74) is 1.04. The zero-order valence-electron chi connectivity index (χ0n) is 11.4. The molecule has 1 aromatic heterocycles. The Kier molecular flexibility index (Phi) is 5.37. The highest BCUT2D eigenvalue weighted by Gasteiger charge is 2.09. The van der Waals surface area contributed by atoms with Crippen molar-refractivity contribution in [3.05, 3.63) is 17.6 Å². The first-order valence-corrected chi connectivity index (χ1v) is 7.02. The molecule has 0 aliphatic rings. The van der Waals surface area contributed by atoms with Crippen molar-refractivity contribution >= 4 is 21.7 Å². The number of rotatable bonds is 5. The van der Waals surface area contributed by atoms with Gasteiger partial charge in [0.05, 0.1) is 0 Å². The molecule has 0 amide bonds. The summed E-state index contributed by atoms with van der Waals surface area (Å²) in [6.07, 6.45) is 1.11. The van der Waals surface area contributed by atoms with Gasteiger partial charge in [-0.05, 0) is 13.3 Å². The van der Waals surface area contributed by atoms with Gasteiger partial charge >= 0.3 is 0 Å². The van der Waals surface area contributed by atoms with Gasteiger partial charge in [-0.2, -0.15) is 0 Å². The third-order valence-electron chi connectivity index (χ3n) is 2.63. The van der Waals surface area contributed by atoms with Crippen LogP contribution in [0, 0.1) is 6.92 Å². The lowest BCUT2D eigenvalue weighted by molar-refractivity contribution is 0.739. The second kappa shape index (κ2) is 6.34. The van der Waals surface area contributed by atoms with Crippen molar-refractivity contribution in [1.29, 1.82) is 0 Å². The van der Waals surface area contributed by atoms with Crippen LogP contribution in [0.3, 0.4) is 0 Å². The molecule has 0 saturated heterocycles. The number of anilines is 1. The number of aromatic nitrogens is 2. The van der Waals surface area contributed by atoms with Crippen LogP contribution in [0.25, 0.3) is 0 Å². The van der Waals surface area contributed by atoms with Crippen LogP contribution in [0.15, 0.2) is 6.07 Å². The van der Waals surface area contributed by atoms with Gasteiger partial charge in [0.1, 0.15) is 11.6 Å². The minimum Gasteiger partial charge on any atom is -0.360 e. The van der Waals surface area contributed by atoms with E-state index in [2.05, 4.69) is 58.6 Å². The lowest BCUT2D eigenvalue weighted by Gasteiger charge is -2.20. The molecule has 0 saturated carbocycles. The molecule has 0 aliphatic carbocycles. The van der Waals surface area contributed by atoms with Gasteiger partial charge in [0, 0.05) is 36.1 Å². The van der Waals surface area contributed by atoms with Gasteiger partial charge in [-0.15, -0.1) is 0 Å². The van der Waals surface area contributed by atoms with E-state index in [1.165, 1.54) is 0 Å². The second-order valence-electron chi connectivity index (χ2n) is 4.87. The Hall–Kier alpha value is -0.640. The van der Waals surface area contributed by atoms with Crippen molar-refractivity contribution < 1.29 is 0 Å². The van der Waals surface area contributed by atoms with Crippen LogP contribution in [0.2, 0.25) is 0 Å². The molecule has 1 unspecified atom stereocenters. The van der Waals surface area contributed by atoms with Crippen LogP contribution >= 0.6 is 15.9 Å². The van der Waals surface area contributed by atoms with Gasteiger partial charge < -0.3 is 4.90 Å². The Bertz CT molecular complexity index is 364. The van der Waals surface area contributed by atoms with E-state index in [0.717, 1.165) is 30.3 Å². The van der Waals surface area contributed by atoms with E-state index >= 15 is 0 Å². The highest BCUT2D eigenvalue weighted by Crippen LogP contribution is 2.17. The molecule has 1 heterocycles. The summed E-state index contributed by atoms with van der Waals surface area (Å²) in [5, 5.41) is 0. The van der Waals surface area contributed by atoms with Crippen molar-refractivity contribution in [2.45, 2.75) is 44.9 Å². The predicted octanol–water partition coefficient (Wildman–Crippen LogP) is 3.52. The molecule has 0 aliphatic heterocycles. The zero-order valence-corrected chi connectivity index (χ0v) is 13.0. The Morgan fingerprint density at radius 1 is 1.29 bits per heavy atom. The van der Waals surface area contributed by atoms with Crippen molar-refractivity contribution in [3.63, 3.8) is 0 Å².